The van der Waals surface area contributed by atoms with Gasteiger partial charge in [0.1, 0.15) is 0 Å². The predicted molar refractivity (Wildman–Crippen MR) is 63.4 cm³/mol. The van der Waals surface area contributed by atoms with Crippen molar-refractivity contribution in [3.05, 3.63) is 0 Å². The highest BCUT2D eigenvalue weighted by Gasteiger charge is 2.77. The van der Waals surface area contributed by atoms with Crippen LogP contribution in [0.3, 0.4) is 0 Å². The zero-order valence-electron chi connectivity index (χ0n) is 10.6. The van der Waals surface area contributed by atoms with Crippen molar-refractivity contribution in [3.63, 3.8) is 0 Å². The molecule has 3 rings (SSSR count). The Morgan fingerprint density at radius 3 is 2.65 bits per heavy atom. The zero-order chi connectivity index (χ0) is 12.1. The number of hydrogen-bond donors (Lipinski definition) is 1. The lowest BCUT2D eigenvalue weighted by molar-refractivity contribution is -0.151. The molecule has 3 atom stereocenters. The summed E-state index contributed by atoms with van der Waals surface area (Å²) in [4.78, 5) is 11.6. The Labute approximate surface area is 103 Å². The second kappa shape index (κ2) is 3.47. The third-order valence-electron chi connectivity index (χ3n) is 5.84. The minimum Gasteiger partial charge on any atom is -0.469 e. The van der Waals surface area contributed by atoms with Crippen molar-refractivity contribution in [2.24, 2.45) is 10.8 Å². The van der Waals surface area contributed by atoms with Gasteiger partial charge in [-0.3, -0.25) is 4.79 Å². The highest BCUT2D eigenvalue weighted by atomic mass is 16.5. The molecule has 3 heteroatoms. The molecule has 0 spiro atoms. The van der Waals surface area contributed by atoms with Crippen LogP contribution in [-0.4, -0.2) is 23.8 Å². The fraction of sp³-hybridized carbons (Fsp3) is 0.929. The molecule has 0 heterocycles. The van der Waals surface area contributed by atoms with Gasteiger partial charge in [-0.2, -0.15) is 0 Å². The first-order valence-corrected chi connectivity index (χ1v) is 6.87. The molecule has 0 radical (unpaired) electrons. The summed E-state index contributed by atoms with van der Waals surface area (Å²) in [6, 6.07) is 0. The van der Waals surface area contributed by atoms with E-state index in [9.17, 15) is 9.90 Å². The van der Waals surface area contributed by atoms with Crippen LogP contribution < -0.4 is 0 Å². The van der Waals surface area contributed by atoms with E-state index in [0.29, 0.717) is 5.41 Å². The van der Waals surface area contributed by atoms with E-state index in [1.807, 2.05) is 0 Å². The lowest BCUT2D eigenvalue weighted by Gasteiger charge is -2.36. The monoisotopic (exact) mass is 238 g/mol. The lowest BCUT2D eigenvalue weighted by atomic mass is 9.75. The highest BCUT2D eigenvalue weighted by Crippen LogP contribution is 2.81. The van der Waals surface area contributed by atoms with E-state index in [1.165, 1.54) is 32.8 Å². The quantitative estimate of drug-likeness (QED) is 0.751. The molecule has 3 fully saturated rings. The Morgan fingerprint density at radius 1 is 1.18 bits per heavy atom. The molecular weight excluding hydrogens is 216 g/mol. The van der Waals surface area contributed by atoms with Crippen molar-refractivity contribution in [2.75, 3.05) is 7.11 Å². The van der Waals surface area contributed by atoms with Crippen LogP contribution in [0.2, 0.25) is 0 Å². The molecule has 0 aliphatic heterocycles. The molecular formula is C14H22O3. The van der Waals surface area contributed by atoms with Gasteiger partial charge >= 0.3 is 5.97 Å². The maximum absolute atomic E-state index is 11.6. The number of esters is 1. The molecule has 96 valence electrons. The molecule has 17 heavy (non-hydrogen) atoms. The Hall–Kier alpha value is -0.570. The van der Waals surface area contributed by atoms with E-state index in [-0.39, 0.29) is 17.8 Å². The van der Waals surface area contributed by atoms with Crippen molar-refractivity contribution in [1.29, 1.82) is 0 Å². The Kier molecular flexibility index (Phi) is 2.35. The van der Waals surface area contributed by atoms with Gasteiger partial charge in [-0.05, 0) is 37.5 Å². The highest BCUT2D eigenvalue weighted by molar-refractivity contribution is 5.71. The van der Waals surface area contributed by atoms with Gasteiger partial charge in [-0.25, -0.2) is 0 Å². The van der Waals surface area contributed by atoms with Crippen LogP contribution in [0, 0.1) is 10.8 Å². The minimum absolute atomic E-state index is 0.0602. The number of rotatable bonds is 2. The van der Waals surface area contributed by atoms with Gasteiger partial charge < -0.3 is 9.84 Å². The third-order valence-corrected chi connectivity index (χ3v) is 5.84. The van der Waals surface area contributed by atoms with Crippen molar-refractivity contribution < 1.29 is 14.6 Å². The molecule has 3 saturated carbocycles. The van der Waals surface area contributed by atoms with Crippen LogP contribution in [0.5, 0.6) is 0 Å². The zero-order valence-corrected chi connectivity index (χ0v) is 10.6. The average Bonchev–Trinajstić information content (AvgIpc) is 2.84. The molecule has 0 saturated heterocycles. The summed E-state index contributed by atoms with van der Waals surface area (Å²) in [6.45, 7) is 0. The summed E-state index contributed by atoms with van der Waals surface area (Å²) >= 11 is 0. The van der Waals surface area contributed by atoms with Gasteiger partial charge in [0, 0.05) is 5.41 Å². The summed E-state index contributed by atoms with van der Waals surface area (Å²) in [5, 5.41) is 11.0. The van der Waals surface area contributed by atoms with E-state index in [0.717, 1.165) is 25.7 Å². The smallest absolute Gasteiger partial charge is 0.308 e. The SMILES string of the molecule is COC(=O)CC1(O)CCCC[C@]23CCC[C@]12C3. The Bertz CT molecular complexity index is 353. The fourth-order valence-electron chi connectivity index (χ4n) is 4.98. The second-order valence-corrected chi connectivity index (χ2v) is 6.38. The number of aliphatic hydroxyl groups is 1. The first-order chi connectivity index (χ1) is 8.08. The van der Waals surface area contributed by atoms with Crippen molar-refractivity contribution >= 4 is 5.97 Å². The Morgan fingerprint density at radius 2 is 1.88 bits per heavy atom. The number of ether oxygens (including phenoxy) is 1. The summed E-state index contributed by atoms with van der Waals surface area (Å²) < 4.78 is 4.77. The Balaban J connectivity index is 1.89. The molecule has 3 nitrogen and oxygen atoms in total. The summed E-state index contributed by atoms with van der Waals surface area (Å²) in [6.07, 6.45) is 9.25. The molecule has 0 amide bonds. The topological polar surface area (TPSA) is 46.5 Å². The summed E-state index contributed by atoms with van der Waals surface area (Å²) in [5.74, 6) is -0.253. The van der Waals surface area contributed by atoms with Crippen molar-refractivity contribution in [1.82, 2.24) is 0 Å². The van der Waals surface area contributed by atoms with E-state index in [2.05, 4.69) is 0 Å². The standard InChI is InChI=1S/C14H22O3/c1-17-11(15)9-14(16)8-3-2-5-12-6-4-7-13(12,14)10-12/h16H,2-10H2,1H3/t12-,13-,14?/m1/s1. The predicted octanol–water partition coefficient (Wildman–Crippen LogP) is 2.42. The van der Waals surface area contributed by atoms with Gasteiger partial charge in [0.25, 0.3) is 0 Å². The van der Waals surface area contributed by atoms with Crippen LogP contribution in [0.15, 0.2) is 0 Å². The van der Waals surface area contributed by atoms with Gasteiger partial charge in [0.15, 0.2) is 0 Å². The van der Waals surface area contributed by atoms with Crippen LogP contribution in [0.1, 0.15) is 57.8 Å². The second-order valence-electron chi connectivity index (χ2n) is 6.38. The van der Waals surface area contributed by atoms with E-state index in [1.54, 1.807) is 0 Å². The largest absolute Gasteiger partial charge is 0.469 e. The van der Waals surface area contributed by atoms with Crippen molar-refractivity contribution in [3.8, 4) is 0 Å². The molecule has 3 aliphatic rings. The number of methoxy groups -OCH3 is 1. The minimum atomic E-state index is -0.785. The molecule has 3 aliphatic carbocycles. The van der Waals surface area contributed by atoms with Crippen molar-refractivity contribution in [2.45, 2.75) is 63.4 Å². The fourth-order valence-corrected chi connectivity index (χ4v) is 4.98. The molecule has 0 aromatic heterocycles. The van der Waals surface area contributed by atoms with E-state index >= 15 is 0 Å². The van der Waals surface area contributed by atoms with Crippen LogP contribution in [0.4, 0.5) is 0 Å². The molecule has 1 unspecified atom stereocenters. The summed E-state index contributed by atoms with van der Waals surface area (Å²) in [7, 11) is 1.41. The van der Waals surface area contributed by atoms with Gasteiger partial charge in [-0.1, -0.05) is 19.3 Å². The van der Waals surface area contributed by atoms with E-state index < -0.39 is 5.60 Å². The van der Waals surface area contributed by atoms with Gasteiger partial charge in [-0.15, -0.1) is 0 Å². The van der Waals surface area contributed by atoms with Crippen LogP contribution in [-0.2, 0) is 9.53 Å². The molecule has 0 bridgehead atoms. The number of carbonyl (C=O) groups is 1. The number of hydrogen-bond acceptors (Lipinski definition) is 3. The normalized spacial score (nSPS) is 47.9. The first kappa shape index (κ1) is 11.5. The number of carbonyl (C=O) groups excluding carboxylic acids is 1. The maximum Gasteiger partial charge on any atom is 0.308 e. The molecule has 1 N–H and O–H groups in total. The van der Waals surface area contributed by atoms with Gasteiger partial charge in [0.2, 0.25) is 0 Å². The maximum atomic E-state index is 11.6. The molecule has 0 aromatic rings. The lowest BCUT2D eigenvalue weighted by Crippen LogP contribution is -2.42. The summed E-state index contributed by atoms with van der Waals surface area (Å²) in [5.41, 5.74) is -0.343. The average molecular weight is 238 g/mol. The first-order valence-electron chi connectivity index (χ1n) is 6.87. The van der Waals surface area contributed by atoms with Gasteiger partial charge in [0.05, 0.1) is 19.1 Å². The van der Waals surface area contributed by atoms with E-state index in [4.69, 9.17) is 4.74 Å². The van der Waals surface area contributed by atoms with Crippen LogP contribution in [0.25, 0.3) is 0 Å². The van der Waals surface area contributed by atoms with Crippen LogP contribution >= 0.6 is 0 Å². The molecule has 0 aromatic carbocycles. The third kappa shape index (κ3) is 1.35.